The number of carbonyl (C=O) groups excluding carboxylic acids is 1. The zero-order valence-corrected chi connectivity index (χ0v) is 7.87. The van der Waals surface area contributed by atoms with E-state index in [1.807, 2.05) is 0 Å². The lowest BCUT2D eigenvalue weighted by atomic mass is 10.1. The molecule has 0 heterocycles. The Labute approximate surface area is 78.8 Å². The third-order valence-corrected chi connectivity index (χ3v) is 1.84. The molecule has 0 atom stereocenters. The highest BCUT2D eigenvalue weighted by molar-refractivity contribution is 9.10. The minimum Gasteiger partial charge on any atom is -0.294 e. The van der Waals surface area contributed by atoms with Crippen molar-refractivity contribution in [3.8, 4) is 0 Å². The average Bonchev–Trinajstić information content (AvgIpc) is 2.11. The van der Waals surface area contributed by atoms with Crippen LogP contribution in [0.15, 0.2) is 22.6 Å². The Morgan fingerprint density at radius 2 is 2.27 bits per heavy atom. The van der Waals surface area contributed by atoms with Gasteiger partial charge in [-0.05, 0) is 25.5 Å². The Hall–Kier alpha value is -0.630. The summed E-state index contributed by atoms with van der Waals surface area (Å²) in [7, 11) is 0. The zero-order valence-electron chi connectivity index (χ0n) is 9.29. The molecule has 0 aliphatic carbocycles. The number of benzene rings is 1. The SMILES string of the molecule is [2H]c1c([2H])c(C(C)=O)c(Br)c([2H])c1C. The van der Waals surface area contributed by atoms with Crippen molar-refractivity contribution in [3.63, 3.8) is 0 Å². The van der Waals surface area contributed by atoms with Gasteiger partial charge in [-0.25, -0.2) is 0 Å². The lowest BCUT2D eigenvalue weighted by Crippen LogP contribution is -1.93. The fraction of sp³-hybridized carbons (Fsp3) is 0.222. The summed E-state index contributed by atoms with van der Waals surface area (Å²) in [5, 5.41) is 0. The fourth-order valence-electron chi connectivity index (χ4n) is 0.712. The van der Waals surface area contributed by atoms with Gasteiger partial charge in [-0.3, -0.25) is 4.79 Å². The minimum absolute atomic E-state index is 0.0524. The highest BCUT2D eigenvalue weighted by Crippen LogP contribution is 2.18. The van der Waals surface area contributed by atoms with Gasteiger partial charge in [0.25, 0.3) is 0 Å². The van der Waals surface area contributed by atoms with Crippen molar-refractivity contribution in [2.75, 3.05) is 0 Å². The van der Waals surface area contributed by atoms with E-state index in [1.54, 1.807) is 6.92 Å². The molecule has 1 aromatic rings. The van der Waals surface area contributed by atoms with Crippen LogP contribution >= 0.6 is 15.9 Å². The molecule has 58 valence electrons. The maximum atomic E-state index is 11.2. The summed E-state index contributed by atoms with van der Waals surface area (Å²) in [6.45, 7) is 2.92. The third kappa shape index (κ3) is 1.90. The molecule has 0 aliphatic heterocycles. The maximum Gasteiger partial charge on any atom is 0.160 e. The molecule has 1 nitrogen and oxygen atoms in total. The van der Waals surface area contributed by atoms with E-state index >= 15 is 0 Å². The quantitative estimate of drug-likeness (QED) is 0.659. The lowest BCUT2D eigenvalue weighted by molar-refractivity contribution is 0.101. The number of carbonyl (C=O) groups is 1. The van der Waals surface area contributed by atoms with Gasteiger partial charge in [-0.1, -0.05) is 28.0 Å². The second-order valence-electron chi connectivity index (χ2n) is 2.25. The molecule has 1 rings (SSSR count). The molecular formula is C9H9BrO. The molecule has 2 heteroatoms. The van der Waals surface area contributed by atoms with Gasteiger partial charge in [-0.15, -0.1) is 0 Å². The van der Waals surface area contributed by atoms with Crippen LogP contribution in [0, 0.1) is 6.92 Å². The summed E-state index contributed by atoms with van der Waals surface area (Å²) in [5.74, 6) is -0.302. The Balaban J connectivity index is 3.68. The summed E-state index contributed by atoms with van der Waals surface area (Å²) in [6, 6.07) is -0.0579. The van der Waals surface area contributed by atoms with Crippen molar-refractivity contribution in [1.29, 1.82) is 0 Å². The normalized spacial score (nSPS) is 13.5. The van der Waals surface area contributed by atoms with E-state index in [2.05, 4.69) is 15.9 Å². The molecule has 0 amide bonds. The molecule has 0 radical (unpaired) electrons. The summed E-state index contributed by atoms with van der Waals surface area (Å²) in [5.41, 5.74) is 0.525. The van der Waals surface area contributed by atoms with Crippen molar-refractivity contribution >= 4 is 21.7 Å². The van der Waals surface area contributed by atoms with Gasteiger partial charge in [0.15, 0.2) is 5.78 Å². The number of ketones is 1. The zero-order chi connectivity index (χ0) is 11.0. The first-order chi connectivity index (χ1) is 6.37. The molecule has 0 saturated heterocycles. The molecule has 11 heavy (non-hydrogen) atoms. The van der Waals surface area contributed by atoms with Crippen LogP contribution in [-0.2, 0) is 0 Å². The van der Waals surface area contributed by atoms with Gasteiger partial charge < -0.3 is 0 Å². The molecule has 0 unspecified atom stereocenters. The molecule has 0 aromatic heterocycles. The molecular weight excluding hydrogens is 204 g/mol. The van der Waals surface area contributed by atoms with Crippen LogP contribution in [0.1, 0.15) is 27.0 Å². The Kier molecular flexibility index (Phi) is 1.47. The van der Waals surface area contributed by atoms with Crippen molar-refractivity contribution < 1.29 is 8.91 Å². The van der Waals surface area contributed by atoms with Gasteiger partial charge >= 0.3 is 0 Å². The maximum absolute atomic E-state index is 11.2. The standard InChI is InChI=1S/C9H9BrO/c1-6-3-4-8(7(2)11)9(10)5-6/h3-5H,1-2H3/i3D,4D,5D. The van der Waals surface area contributed by atoms with E-state index < -0.39 is 0 Å². The smallest absolute Gasteiger partial charge is 0.160 e. The number of Topliss-reactive ketones (excluding diaryl/α,β-unsaturated/α-hetero) is 1. The molecule has 0 spiro atoms. The summed E-state index contributed by atoms with van der Waals surface area (Å²) < 4.78 is 23.0. The first-order valence-electron chi connectivity index (χ1n) is 4.64. The van der Waals surface area contributed by atoms with Crippen LogP contribution in [0.3, 0.4) is 0 Å². The predicted molar refractivity (Wildman–Crippen MR) is 48.9 cm³/mol. The van der Waals surface area contributed by atoms with Gasteiger partial charge in [0.05, 0.1) is 4.11 Å². The summed E-state index contributed by atoms with van der Waals surface area (Å²) in [4.78, 5) is 11.2. The lowest BCUT2D eigenvalue weighted by Gasteiger charge is -1.99. The average molecular weight is 216 g/mol. The Morgan fingerprint density at radius 1 is 1.64 bits per heavy atom. The fourth-order valence-corrected chi connectivity index (χ4v) is 1.39. The number of rotatable bonds is 1. The van der Waals surface area contributed by atoms with Crippen molar-refractivity contribution in [1.82, 2.24) is 0 Å². The Morgan fingerprint density at radius 3 is 2.82 bits per heavy atom. The van der Waals surface area contributed by atoms with E-state index in [0.717, 1.165) is 0 Å². The first-order valence-corrected chi connectivity index (χ1v) is 3.94. The summed E-state index contributed by atoms with van der Waals surface area (Å²) >= 11 is 3.10. The number of halogens is 1. The molecule has 0 bridgehead atoms. The number of hydrogen-bond acceptors (Lipinski definition) is 1. The second-order valence-corrected chi connectivity index (χ2v) is 3.04. The molecule has 0 fully saturated rings. The van der Waals surface area contributed by atoms with Crippen LogP contribution in [0.5, 0.6) is 0 Å². The molecule has 1 aromatic carbocycles. The largest absolute Gasteiger partial charge is 0.294 e. The highest BCUT2D eigenvalue weighted by atomic mass is 79.9. The van der Waals surface area contributed by atoms with E-state index in [4.69, 9.17) is 4.11 Å². The molecule has 0 saturated carbocycles. The minimum atomic E-state index is -0.302. The van der Waals surface area contributed by atoms with Crippen LogP contribution in [-0.4, -0.2) is 5.78 Å². The Bertz CT molecular complexity index is 386. The van der Waals surface area contributed by atoms with Gasteiger partial charge in [0, 0.05) is 10.0 Å². The van der Waals surface area contributed by atoms with E-state index in [9.17, 15) is 4.79 Å². The van der Waals surface area contributed by atoms with Crippen LogP contribution in [0.25, 0.3) is 0 Å². The van der Waals surface area contributed by atoms with E-state index in [1.165, 1.54) is 6.92 Å². The van der Waals surface area contributed by atoms with Gasteiger partial charge in [0.1, 0.15) is 0 Å². The first kappa shape index (κ1) is 5.09. The second kappa shape index (κ2) is 3.18. The topological polar surface area (TPSA) is 17.1 Å². The summed E-state index contributed by atoms with van der Waals surface area (Å²) in [6.07, 6.45) is 0. The van der Waals surface area contributed by atoms with Gasteiger partial charge in [0.2, 0.25) is 0 Å². The monoisotopic (exact) mass is 215 g/mol. The predicted octanol–water partition coefficient (Wildman–Crippen LogP) is 2.96. The highest BCUT2D eigenvalue weighted by Gasteiger charge is 2.03. The van der Waals surface area contributed by atoms with E-state index in [-0.39, 0.29) is 29.5 Å². The molecule has 0 N–H and O–H groups in total. The van der Waals surface area contributed by atoms with Crippen LogP contribution in [0.2, 0.25) is 0 Å². The molecule has 0 aliphatic rings. The van der Waals surface area contributed by atoms with E-state index in [0.29, 0.717) is 10.0 Å². The third-order valence-electron chi connectivity index (χ3n) is 1.24. The van der Waals surface area contributed by atoms with Crippen molar-refractivity contribution in [2.45, 2.75) is 13.8 Å². The van der Waals surface area contributed by atoms with Crippen LogP contribution in [0.4, 0.5) is 0 Å². The van der Waals surface area contributed by atoms with Gasteiger partial charge in [-0.2, -0.15) is 0 Å². The number of hydrogen-bond donors (Lipinski definition) is 0. The van der Waals surface area contributed by atoms with Crippen LogP contribution < -0.4 is 0 Å². The van der Waals surface area contributed by atoms with Crippen molar-refractivity contribution in [3.05, 3.63) is 33.7 Å². The van der Waals surface area contributed by atoms with Crippen molar-refractivity contribution in [2.24, 2.45) is 0 Å².